The third-order valence-corrected chi connectivity index (χ3v) is 3.09. The van der Waals surface area contributed by atoms with Crippen molar-refractivity contribution in [2.75, 3.05) is 20.0 Å². The summed E-state index contributed by atoms with van der Waals surface area (Å²) in [5, 5.41) is 8.99. The summed E-state index contributed by atoms with van der Waals surface area (Å²) >= 11 is 0. The third kappa shape index (κ3) is 2.83. The van der Waals surface area contributed by atoms with Crippen molar-refractivity contribution >= 4 is 5.69 Å². The average Bonchev–Trinajstić information content (AvgIpc) is 2.49. The van der Waals surface area contributed by atoms with E-state index in [-0.39, 0.29) is 0 Å². The molecule has 0 saturated carbocycles. The molecule has 0 aliphatic heterocycles. The molecule has 4 nitrogen and oxygen atoms in total. The summed E-state index contributed by atoms with van der Waals surface area (Å²) < 4.78 is 10.5. The molecule has 2 N–H and O–H groups in total. The van der Waals surface area contributed by atoms with Crippen LogP contribution in [0.15, 0.2) is 36.4 Å². The highest BCUT2D eigenvalue weighted by atomic mass is 16.5. The molecule has 0 spiro atoms. The van der Waals surface area contributed by atoms with Crippen LogP contribution in [0.1, 0.15) is 16.7 Å². The largest absolute Gasteiger partial charge is 0.493 e. The molecule has 0 unspecified atom stereocenters. The quantitative estimate of drug-likeness (QED) is 0.866. The second kappa shape index (κ2) is 5.98. The van der Waals surface area contributed by atoms with Crippen LogP contribution >= 0.6 is 0 Å². The Labute approximate surface area is 118 Å². The van der Waals surface area contributed by atoms with Gasteiger partial charge < -0.3 is 15.2 Å². The summed E-state index contributed by atoms with van der Waals surface area (Å²) in [5.74, 6) is 1.40. The number of nitrogens with zero attached hydrogens (tertiary/aromatic N) is 1. The van der Waals surface area contributed by atoms with Crippen LogP contribution in [-0.4, -0.2) is 14.2 Å². The summed E-state index contributed by atoms with van der Waals surface area (Å²) in [4.78, 5) is 0. The lowest BCUT2D eigenvalue weighted by atomic mass is 10.0. The normalized spacial score (nSPS) is 9.85. The topological polar surface area (TPSA) is 68.3 Å². The van der Waals surface area contributed by atoms with Gasteiger partial charge in [0.1, 0.15) is 6.07 Å². The fourth-order valence-corrected chi connectivity index (χ4v) is 2.04. The number of hydrogen-bond acceptors (Lipinski definition) is 4. The third-order valence-electron chi connectivity index (χ3n) is 3.09. The minimum Gasteiger partial charge on any atom is -0.493 e. The zero-order chi connectivity index (χ0) is 14.5. The van der Waals surface area contributed by atoms with Gasteiger partial charge in [0.05, 0.1) is 19.8 Å². The van der Waals surface area contributed by atoms with E-state index in [4.69, 9.17) is 20.5 Å². The van der Waals surface area contributed by atoms with E-state index in [0.29, 0.717) is 29.2 Å². The van der Waals surface area contributed by atoms with Crippen molar-refractivity contribution in [1.29, 1.82) is 5.26 Å². The number of nitrogen functional groups attached to an aromatic ring is 1. The highest BCUT2D eigenvalue weighted by Gasteiger charge is 2.06. The Kier molecular flexibility index (Phi) is 4.11. The molecule has 0 atom stereocenters. The number of ether oxygens (including phenoxy) is 2. The number of nitrogens with two attached hydrogens (primary N) is 1. The Bertz CT molecular complexity index is 660. The molecule has 0 aliphatic carbocycles. The molecule has 0 amide bonds. The Morgan fingerprint density at radius 1 is 1.00 bits per heavy atom. The fourth-order valence-electron chi connectivity index (χ4n) is 2.04. The van der Waals surface area contributed by atoms with Crippen LogP contribution in [0.4, 0.5) is 5.69 Å². The van der Waals surface area contributed by atoms with Gasteiger partial charge in [0.25, 0.3) is 0 Å². The molecule has 2 aromatic carbocycles. The minimum atomic E-state index is 0.503. The Hall–Kier alpha value is -2.67. The smallest absolute Gasteiger partial charge is 0.160 e. The highest BCUT2D eigenvalue weighted by Crippen LogP contribution is 2.28. The first kappa shape index (κ1) is 13.8. The Balaban J connectivity index is 2.28. The van der Waals surface area contributed by atoms with Crippen molar-refractivity contribution < 1.29 is 9.47 Å². The fraction of sp³-hybridized carbons (Fsp3) is 0.188. The first-order valence-electron chi connectivity index (χ1n) is 6.17. The molecule has 0 saturated heterocycles. The predicted octanol–water partition coefficient (Wildman–Crippen LogP) is 2.75. The van der Waals surface area contributed by atoms with E-state index in [9.17, 15) is 0 Å². The van der Waals surface area contributed by atoms with Gasteiger partial charge in [-0.2, -0.15) is 5.26 Å². The van der Waals surface area contributed by atoms with Crippen LogP contribution in [0.25, 0.3) is 0 Å². The minimum absolute atomic E-state index is 0.503. The van der Waals surface area contributed by atoms with Crippen molar-refractivity contribution in [3.8, 4) is 17.6 Å². The summed E-state index contributed by atoms with van der Waals surface area (Å²) in [5.41, 5.74) is 8.83. The number of hydrogen-bond donors (Lipinski definition) is 1. The van der Waals surface area contributed by atoms with Crippen LogP contribution in [-0.2, 0) is 6.42 Å². The van der Waals surface area contributed by atoms with Crippen LogP contribution in [0.5, 0.6) is 11.5 Å². The van der Waals surface area contributed by atoms with Crippen LogP contribution in [0.2, 0.25) is 0 Å². The number of rotatable bonds is 4. The predicted molar refractivity (Wildman–Crippen MR) is 77.9 cm³/mol. The van der Waals surface area contributed by atoms with E-state index in [0.717, 1.165) is 11.1 Å². The molecule has 102 valence electrons. The van der Waals surface area contributed by atoms with Crippen LogP contribution in [0, 0.1) is 11.3 Å². The van der Waals surface area contributed by atoms with Crippen molar-refractivity contribution in [2.45, 2.75) is 6.42 Å². The second-order valence-electron chi connectivity index (χ2n) is 4.40. The summed E-state index contributed by atoms with van der Waals surface area (Å²) in [6.07, 6.45) is 0.704. The van der Waals surface area contributed by atoms with E-state index >= 15 is 0 Å². The molecule has 0 aliphatic rings. The lowest BCUT2D eigenvalue weighted by Crippen LogP contribution is -1.96. The molecule has 4 heteroatoms. The molecule has 0 fully saturated rings. The maximum absolute atomic E-state index is 8.99. The number of nitriles is 1. The van der Waals surface area contributed by atoms with E-state index in [1.165, 1.54) is 0 Å². The Morgan fingerprint density at radius 2 is 1.65 bits per heavy atom. The average molecular weight is 268 g/mol. The molecule has 0 radical (unpaired) electrons. The van der Waals surface area contributed by atoms with Gasteiger partial charge in [0.2, 0.25) is 0 Å². The molecular weight excluding hydrogens is 252 g/mol. The van der Waals surface area contributed by atoms with E-state index in [1.54, 1.807) is 20.3 Å². The van der Waals surface area contributed by atoms with Crippen LogP contribution < -0.4 is 15.2 Å². The van der Waals surface area contributed by atoms with Crippen LogP contribution in [0.3, 0.4) is 0 Å². The maximum atomic E-state index is 8.99. The molecule has 2 rings (SSSR count). The van der Waals surface area contributed by atoms with Gasteiger partial charge in [0.15, 0.2) is 11.5 Å². The van der Waals surface area contributed by atoms with Crippen molar-refractivity contribution in [3.63, 3.8) is 0 Å². The van der Waals surface area contributed by atoms with E-state index in [2.05, 4.69) is 6.07 Å². The zero-order valence-electron chi connectivity index (χ0n) is 11.5. The van der Waals surface area contributed by atoms with Gasteiger partial charge in [-0.15, -0.1) is 0 Å². The molecule has 0 aromatic heterocycles. The van der Waals surface area contributed by atoms with Crippen molar-refractivity contribution in [3.05, 3.63) is 53.1 Å². The second-order valence-corrected chi connectivity index (χ2v) is 4.40. The molecular formula is C16H16N2O2. The van der Waals surface area contributed by atoms with E-state index in [1.807, 2.05) is 30.3 Å². The van der Waals surface area contributed by atoms with Gasteiger partial charge in [0, 0.05) is 5.69 Å². The van der Waals surface area contributed by atoms with Crippen molar-refractivity contribution in [1.82, 2.24) is 0 Å². The molecule has 2 aromatic rings. The van der Waals surface area contributed by atoms with Gasteiger partial charge in [-0.3, -0.25) is 0 Å². The molecule has 0 heterocycles. The summed E-state index contributed by atoms with van der Waals surface area (Å²) in [6, 6.07) is 13.4. The van der Waals surface area contributed by atoms with E-state index < -0.39 is 0 Å². The SMILES string of the molecule is COc1ccc(Cc2ccc(N)c(C#N)c2)cc1OC. The number of anilines is 1. The highest BCUT2D eigenvalue weighted by molar-refractivity contribution is 5.55. The van der Waals surface area contributed by atoms with Crippen molar-refractivity contribution in [2.24, 2.45) is 0 Å². The Morgan fingerprint density at radius 3 is 2.30 bits per heavy atom. The van der Waals surface area contributed by atoms with Gasteiger partial charge in [-0.1, -0.05) is 12.1 Å². The monoisotopic (exact) mass is 268 g/mol. The zero-order valence-corrected chi connectivity index (χ0v) is 11.5. The lowest BCUT2D eigenvalue weighted by Gasteiger charge is -2.10. The lowest BCUT2D eigenvalue weighted by molar-refractivity contribution is 0.354. The van der Waals surface area contributed by atoms with Gasteiger partial charge in [-0.25, -0.2) is 0 Å². The van der Waals surface area contributed by atoms with Gasteiger partial charge >= 0.3 is 0 Å². The summed E-state index contributed by atoms with van der Waals surface area (Å²) in [6.45, 7) is 0. The standard InChI is InChI=1S/C16H16N2O2/c1-19-15-6-4-12(9-16(15)20-2)7-11-3-5-14(18)13(8-11)10-17/h3-6,8-9H,7,18H2,1-2H3. The maximum Gasteiger partial charge on any atom is 0.160 e. The number of methoxy groups -OCH3 is 2. The summed E-state index contributed by atoms with van der Waals surface area (Å²) in [7, 11) is 3.22. The molecule has 0 bridgehead atoms. The van der Waals surface area contributed by atoms with Gasteiger partial charge in [-0.05, 0) is 41.8 Å². The number of benzene rings is 2. The first-order valence-corrected chi connectivity index (χ1v) is 6.17. The first-order chi connectivity index (χ1) is 9.67. The molecule has 20 heavy (non-hydrogen) atoms.